The Labute approximate surface area is 188 Å². The van der Waals surface area contributed by atoms with Gasteiger partial charge in [-0.15, -0.1) is 0 Å². The van der Waals surface area contributed by atoms with E-state index >= 15 is 0 Å². The average Bonchev–Trinajstić information content (AvgIpc) is 3.04. The number of phenols is 1. The number of hydrogen-bond donors (Lipinski definition) is 2. The quantitative estimate of drug-likeness (QED) is 0.433. The Bertz CT molecular complexity index is 1440. The molecule has 0 saturated heterocycles. The van der Waals surface area contributed by atoms with Crippen molar-refractivity contribution in [2.24, 2.45) is 0 Å². The molecule has 1 atom stereocenters. The molecule has 33 heavy (non-hydrogen) atoms. The molecule has 0 aliphatic carbocycles. The van der Waals surface area contributed by atoms with Crippen LogP contribution in [0.15, 0.2) is 50.0 Å². The summed E-state index contributed by atoms with van der Waals surface area (Å²) in [4.78, 5) is 36.6. The lowest BCUT2D eigenvalue weighted by Gasteiger charge is -2.20. The number of aromatic hydroxyl groups is 1. The zero-order valence-electron chi connectivity index (χ0n) is 18.4. The van der Waals surface area contributed by atoms with Crippen LogP contribution in [0.2, 0.25) is 0 Å². The van der Waals surface area contributed by atoms with Crippen molar-refractivity contribution in [1.82, 2.24) is 5.32 Å². The molecule has 0 unspecified atom stereocenters. The molecule has 0 bridgehead atoms. The Morgan fingerprint density at radius 1 is 1.00 bits per heavy atom. The van der Waals surface area contributed by atoms with Crippen molar-refractivity contribution in [3.05, 3.63) is 74.8 Å². The minimum Gasteiger partial charge on any atom is -0.548 e. The minimum atomic E-state index is -1.48. The van der Waals surface area contributed by atoms with E-state index in [1.165, 1.54) is 24.3 Å². The fraction of sp³-hybridized carbons (Fsp3) is 0.240. The molecule has 4 aromatic rings. The molecule has 0 aliphatic rings. The molecule has 0 radical (unpaired) electrons. The van der Waals surface area contributed by atoms with E-state index in [4.69, 9.17) is 8.83 Å². The number of carbonyl (C=O) groups excluding carboxylic acids is 2. The molecule has 8 nitrogen and oxygen atoms in total. The molecule has 4 rings (SSSR count). The maximum Gasteiger partial charge on any atom is 0.339 e. The lowest BCUT2D eigenvalue weighted by atomic mass is 10.00. The largest absolute Gasteiger partial charge is 0.548 e. The molecule has 2 aromatic carbocycles. The van der Waals surface area contributed by atoms with E-state index in [1.807, 2.05) is 19.9 Å². The van der Waals surface area contributed by atoms with E-state index in [9.17, 15) is 24.6 Å². The summed E-state index contributed by atoms with van der Waals surface area (Å²) < 4.78 is 11.2. The van der Waals surface area contributed by atoms with Crippen LogP contribution in [0.5, 0.6) is 5.75 Å². The summed E-state index contributed by atoms with van der Waals surface area (Å²) in [6, 6.07) is 7.64. The van der Waals surface area contributed by atoms with E-state index in [-0.39, 0.29) is 24.2 Å². The van der Waals surface area contributed by atoms with Gasteiger partial charge >= 0.3 is 5.63 Å². The highest BCUT2D eigenvalue weighted by atomic mass is 16.4. The predicted octanol–water partition coefficient (Wildman–Crippen LogP) is 2.71. The van der Waals surface area contributed by atoms with Gasteiger partial charge in [-0.25, -0.2) is 4.79 Å². The van der Waals surface area contributed by atoms with E-state index < -0.39 is 23.5 Å². The lowest BCUT2D eigenvalue weighted by Crippen LogP contribution is -2.41. The smallest absolute Gasteiger partial charge is 0.339 e. The monoisotopic (exact) mass is 448 g/mol. The molecule has 8 heteroatoms. The van der Waals surface area contributed by atoms with Gasteiger partial charge in [0.25, 0.3) is 0 Å². The zero-order valence-corrected chi connectivity index (χ0v) is 18.4. The highest BCUT2D eigenvalue weighted by Gasteiger charge is 2.19. The summed E-state index contributed by atoms with van der Waals surface area (Å²) in [5.74, 6) is -1.29. The summed E-state index contributed by atoms with van der Waals surface area (Å²) >= 11 is 0. The Balaban J connectivity index is 1.58. The molecule has 2 N–H and O–H groups in total. The maximum absolute atomic E-state index is 12.6. The molecule has 2 heterocycles. The Morgan fingerprint density at radius 2 is 1.64 bits per heavy atom. The number of carboxylic acids is 1. The molecule has 0 spiro atoms. The molecule has 170 valence electrons. The van der Waals surface area contributed by atoms with Crippen LogP contribution < -0.4 is 16.0 Å². The van der Waals surface area contributed by atoms with Crippen molar-refractivity contribution in [1.29, 1.82) is 0 Å². The first-order valence-corrected chi connectivity index (χ1v) is 10.4. The molecule has 1 amide bonds. The third-order valence-corrected chi connectivity index (χ3v) is 5.95. The van der Waals surface area contributed by atoms with Gasteiger partial charge in [0.15, 0.2) is 0 Å². The van der Waals surface area contributed by atoms with Crippen LogP contribution in [0.25, 0.3) is 21.9 Å². The lowest BCUT2D eigenvalue weighted by molar-refractivity contribution is -0.308. The standard InChI is InChI=1S/C25H23NO7/c1-12-14(3)32-20-11-21-19(10-18(12)20)13(2)17(25(31)33-21)8-9-22(28)26-23(24(29)30)15-4-6-16(27)7-5-15/h4-7,10-11,23,27H,8-9H2,1-3H3,(H,26,28)(H,29,30)/p-1/t23-/m1/s1. The van der Waals surface area contributed by atoms with Gasteiger partial charge in [0.05, 0.1) is 12.0 Å². The second kappa shape index (κ2) is 8.46. The second-order valence-electron chi connectivity index (χ2n) is 8.03. The van der Waals surface area contributed by atoms with Gasteiger partial charge in [-0.2, -0.15) is 0 Å². The van der Waals surface area contributed by atoms with Crippen LogP contribution in [0, 0.1) is 20.8 Å². The summed E-state index contributed by atoms with van der Waals surface area (Å²) in [5, 5.41) is 25.0. The molecular weight excluding hydrogens is 426 g/mol. The number of hydrogen-bond acceptors (Lipinski definition) is 7. The van der Waals surface area contributed by atoms with Crippen LogP contribution >= 0.6 is 0 Å². The van der Waals surface area contributed by atoms with Gasteiger partial charge in [0, 0.05) is 28.8 Å². The molecule has 0 fully saturated rings. The highest BCUT2D eigenvalue weighted by Crippen LogP contribution is 2.31. The predicted molar refractivity (Wildman–Crippen MR) is 119 cm³/mol. The van der Waals surface area contributed by atoms with Gasteiger partial charge in [-0.05, 0) is 62.1 Å². The SMILES string of the molecule is Cc1oc2cc3oc(=O)c(CCC(=O)N[C@@H](C(=O)[O-])c4ccc(O)cc4)c(C)c3cc2c1C. The first kappa shape index (κ1) is 22.1. The van der Waals surface area contributed by atoms with Gasteiger partial charge in [-0.1, -0.05) is 12.1 Å². The Kier molecular flexibility index (Phi) is 5.68. The van der Waals surface area contributed by atoms with Crippen molar-refractivity contribution >= 4 is 33.8 Å². The summed E-state index contributed by atoms with van der Waals surface area (Å²) in [6.07, 6.45) is -0.0439. The van der Waals surface area contributed by atoms with Crippen molar-refractivity contribution in [3.63, 3.8) is 0 Å². The number of furan rings is 1. The number of benzene rings is 2. The molecule has 0 saturated carbocycles. The van der Waals surface area contributed by atoms with Crippen LogP contribution in [0.4, 0.5) is 0 Å². The maximum atomic E-state index is 12.6. The Hall–Kier alpha value is -4.07. The van der Waals surface area contributed by atoms with Gasteiger partial charge < -0.3 is 29.2 Å². The van der Waals surface area contributed by atoms with E-state index in [0.29, 0.717) is 22.3 Å². The number of aryl methyl sites for hydroxylation is 3. The van der Waals surface area contributed by atoms with Crippen molar-refractivity contribution < 1.29 is 28.6 Å². The third kappa shape index (κ3) is 4.19. The number of phenolic OH excluding ortho intramolecular Hbond substituents is 1. The normalized spacial score (nSPS) is 12.2. The summed E-state index contributed by atoms with van der Waals surface area (Å²) in [7, 11) is 0. The Morgan fingerprint density at radius 3 is 2.30 bits per heavy atom. The molecule has 2 aromatic heterocycles. The fourth-order valence-electron chi connectivity index (χ4n) is 3.93. The molecular formula is C25H22NO7-. The molecule has 0 aliphatic heterocycles. The number of rotatable bonds is 6. The van der Waals surface area contributed by atoms with Gasteiger partial charge in [-0.3, -0.25) is 4.79 Å². The number of amides is 1. The summed E-state index contributed by atoms with van der Waals surface area (Å²) in [6.45, 7) is 5.61. The number of fused-ring (bicyclic) bond motifs is 2. The van der Waals surface area contributed by atoms with E-state index in [1.54, 1.807) is 13.0 Å². The highest BCUT2D eigenvalue weighted by molar-refractivity contribution is 5.96. The van der Waals surface area contributed by atoms with Crippen LogP contribution in [-0.4, -0.2) is 17.0 Å². The number of carbonyl (C=O) groups is 2. The van der Waals surface area contributed by atoms with Crippen LogP contribution in [0.3, 0.4) is 0 Å². The van der Waals surface area contributed by atoms with Gasteiger partial charge in [0.2, 0.25) is 5.91 Å². The first-order valence-electron chi connectivity index (χ1n) is 10.4. The van der Waals surface area contributed by atoms with Gasteiger partial charge in [0.1, 0.15) is 22.7 Å². The summed E-state index contributed by atoms with van der Waals surface area (Å²) in [5.41, 5.74) is 2.79. The minimum absolute atomic E-state index is 0.0290. The first-order chi connectivity index (χ1) is 15.7. The van der Waals surface area contributed by atoms with E-state index in [0.717, 1.165) is 22.1 Å². The number of nitrogens with one attached hydrogen (secondary N) is 1. The number of carboxylic acid groups (broad SMARTS) is 1. The van der Waals surface area contributed by atoms with Crippen molar-refractivity contribution in [2.45, 2.75) is 39.7 Å². The average molecular weight is 448 g/mol. The van der Waals surface area contributed by atoms with Crippen molar-refractivity contribution in [3.8, 4) is 5.75 Å². The van der Waals surface area contributed by atoms with Crippen molar-refractivity contribution in [2.75, 3.05) is 0 Å². The third-order valence-electron chi connectivity index (χ3n) is 5.95. The fourth-order valence-corrected chi connectivity index (χ4v) is 3.93. The zero-order chi connectivity index (χ0) is 23.9. The number of aliphatic carboxylic acids is 1. The second-order valence-corrected chi connectivity index (χ2v) is 8.03. The van der Waals surface area contributed by atoms with Crippen LogP contribution in [0.1, 0.15) is 40.5 Å². The van der Waals surface area contributed by atoms with E-state index in [2.05, 4.69) is 5.32 Å². The topological polar surface area (TPSA) is 133 Å². The van der Waals surface area contributed by atoms with Crippen LogP contribution in [-0.2, 0) is 16.0 Å².